The van der Waals surface area contributed by atoms with E-state index in [0.717, 1.165) is 16.7 Å². The fraction of sp³-hybridized carbons (Fsp3) is 0.300. The van der Waals surface area contributed by atoms with E-state index in [1.807, 2.05) is 0 Å². The van der Waals surface area contributed by atoms with Crippen molar-refractivity contribution in [1.82, 2.24) is 5.32 Å². The highest BCUT2D eigenvalue weighted by Gasteiger charge is 2.24. The van der Waals surface area contributed by atoms with Crippen LogP contribution in [-0.4, -0.2) is 28.8 Å². The Balaban J connectivity index is 2.07. The van der Waals surface area contributed by atoms with Gasteiger partial charge in [-0.3, -0.25) is 0 Å². The van der Waals surface area contributed by atoms with Crippen LogP contribution in [0.5, 0.6) is 0 Å². The Morgan fingerprint density at radius 3 is 2.31 bits per heavy atom. The summed E-state index contributed by atoms with van der Waals surface area (Å²) in [6.07, 6.45) is -0.667. The first-order valence-electron chi connectivity index (χ1n) is 8.21. The van der Waals surface area contributed by atoms with Gasteiger partial charge in [0.1, 0.15) is 17.5 Å². The predicted octanol–water partition coefficient (Wildman–Crippen LogP) is 4.01. The Bertz CT molecular complexity index is 781. The molecule has 2 rings (SSSR count). The fourth-order valence-electron chi connectivity index (χ4n) is 2.39. The van der Waals surface area contributed by atoms with Crippen LogP contribution >= 0.6 is 0 Å². The average molecular weight is 359 g/mol. The minimum atomic E-state index is -1.15. The maximum absolute atomic E-state index is 13.3. The molecule has 0 aliphatic carbocycles. The van der Waals surface area contributed by atoms with Gasteiger partial charge in [0, 0.05) is 6.42 Å². The van der Waals surface area contributed by atoms with E-state index in [4.69, 9.17) is 4.74 Å². The first-order valence-corrected chi connectivity index (χ1v) is 8.21. The molecular formula is C20H22FNO4. The van der Waals surface area contributed by atoms with Crippen molar-refractivity contribution >= 4 is 12.1 Å². The van der Waals surface area contributed by atoms with Gasteiger partial charge in [0.05, 0.1) is 0 Å². The molecule has 26 heavy (non-hydrogen) atoms. The second kappa shape index (κ2) is 7.99. The van der Waals surface area contributed by atoms with E-state index in [1.165, 1.54) is 12.1 Å². The number of hydrogen-bond donors (Lipinski definition) is 2. The van der Waals surface area contributed by atoms with Crippen molar-refractivity contribution in [1.29, 1.82) is 0 Å². The molecule has 0 radical (unpaired) electrons. The molecule has 0 aliphatic heterocycles. The van der Waals surface area contributed by atoms with Crippen molar-refractivity contribution in [2.75, 3.05) is 0 Å². The van der Waals surface area contributed by atoms with E-state index in [1.54, 1.807) is 57.2 Å². The van der Waals surface area contributed by atoms with E-state index >= 15 is 0 Å². The molecule has 1 amide bonds. The zero-order chi connectivity index (χ0) is 19.3. The molecule has 2 aromatic rings. The number of hydrogen-bond acceptors (Lipinski definition) is 3. The summed E-state index contributed by atoms with van der Waals surface area (Å²) in [7, 11) is 0. The second-order valence-corrected chi connectivity index (χ2v) is 6.95. The first kappa shape index (κ1) is 19.4. The first-order chi connectivity index (χ1) is 12.1. The van der Waals surface area contributed by atoms with Crippen molar-refractivity contribution in [2.45, 2.75) is 38.8 Å². The lowest BCUT2D eigenvalue weighted by molar-refractivity contribution is -0.139. The largest absolute Gasteiger partial charge is 0.480 e. The van der Waals surface area contributed by atoms with Crippen LogP contribution in [0.25, 0.3) is 11.1 Å². The normalized spacial score (nSPS) is 12.3. The number of alkyl carbamates (subject to hydrolysis) is 1. The summed E-state index contributed by atoms with van der Waals surface area (Å²) < 4.78 is 18.4. The van der Waals surface area contributed by atoms with E-state index in [-0.39, 0.29) is 12.2 Å². The smallest absolute Gasteiger partial charge is 0.408 e. The highest BCUT2D eigenvalue weighted by molar-refractivity contribution is 5.80. The summed E-state index contributed by atoms with van der Waals surface area (Å²) >= 11 is 0. The Kier molecular flexibility index (Phi) is 5.97. The van der Waals surface area contributed by atoms with Gasteiger partial charge in [-0.1, -0.05) is 36.4 Å². The lowest BCUT2D eigenvalue weighted by Crippen LogP contribution is -2.44. The molecule has 0 fully saturated rings. The standard InChI is InChI=1S/C20H22FNO4/c1-20(2,3)26-19(25)22-17(18(23)24)11-13-7-9-14(10-8-13)15-5-4-6-16(21)12-15/h4-10,12,17H,11H2,1-3H3,(H,22,25)(H,23,24). The van der Waals surface area contributed by atoms with Crippen molar-refractivity contribution in [3.63, 3.8) is 0 Å². The van der Waals surface area contributed by atoms with Crippen LogP contribution in [0.2, 0.25) is 0 Å². The van der Waals surface area contributed by atoms with E-state index in [0.29, 0.717) is 0 Å². The van der Waals surface area contributed by atoms with Crippen LogP contribution in [0.3, 0.4) is 0 Å². The Morgan fingerprint density at radius 1 is 1.12 bits per heavy atom. The molecule has 0 aliphatic rings. The van der Waals surface area contributed by atoms with Gasteiger partial charge in [0.2, 0.25) is 0 Å². The number of carboxylic acids is 1. The van der Waals surface area contributed by atoms with Crippen LogP contribution < -0.4 is 5.32 Å². The highest BCUT2D eigenvalue weighted by Crippen LogP contribution is 2.21. The van der Waals surface area contributed by atoms with Gasteiger partial charge in [0.25, 0.3) is 0 Å². The predicted molar refractivity (Wildman–Crippen MR) is 96.3 cm³/mol. The van der Waals surface area contributed by atoms with Gasteiger partial charge in [-0.25, -0.2) is 14.0 Å². The number of carboxylic acid groups (broad SMARTS) is 1. The third kappa shape index (κ3) is 5.88. The molecule has 6 heteroatoms. The second-order valence-electron chi connectivity index (χ2n) is 6.95. The van der Waals surface area contributed by atoms with Crippen molar-refractivity contribution in [3.8, 4) is 11.1 Å². The van der Waals surface area contributed by atoms with Gasteiger partial charge in [-0.05, 0) is 49.6 Å². The Morgan fingerprint density at radius 2 is 1.77 bits per heavy atom. The molecule has 2 N–H and O–H groups in total. The molecule has 0 saturated carbocycles. The van der Waals surface area contributed by atoms with Crippen LogP contribution in [0, 0.1) is 5.82 Å². The third-order valence-electron chi connectivity index (χ3n) is 3.54. The van der Waals surface area contributed by atoms with Gasteiger partial charge >= 0.3 is 12.1 Å². The number of carbonyl (C=O) groups excluding carboxylic acids is 1. The topological polar surface area (TPSA) is 75.6 Å². The number of rotatable bonds is 5. The molecule has 2 aromatic carbocycles. The van der Waals surface area contributed by atoms with Gasteiger partial charge in [-0.2, -0.15) is 0 Å². The van der Waals surface area contributed by atoms with E-state index in [2.05, 4.69) is 5.32 Å². The van der Waals surface area contributed by atoms with Gasteiger partial charge in [-0.15, -0.1) is 0 Å². The average Bonchev–Trinajstić information content (AvgIpc) is 2.53. The summed E-state index contributed by atoms with van der Waals surface area (Å²) in [5, 5.41) is 11.7. The third-order valence-corrected chi connectivity index (χ3v) is 3.54. The Labute approximate surface area is 151 Å². The monoisotopic (exact) mass is 359 g/mol. The summed E-state index contributed by atoms with van der Waals surface area (Å²) in [4.78, 5) is 23.2. The number of amides is 1. The maximum atomic E-state index is 13.3. The number of aliphatic carboxylic acids is 1. The quantitative estimate of drug-likeness (QED) is 0.846. The maximum Gasteiger partial charge on any atom is 0.408 e. The highest BCUT2D eigenvalue weighted by atomic mass is 19.1. The summed E-state index contributed by atoms with van der Waals surface area (Å²) in [5.41, 5.74) is 1.58. The molecule has 0 bridgehead atoms. The molecule has 5 nitrogen and oxygen atoms in total. The van der Waals surface area contributed by atoms with E-state index < -0.39 is 23.7 Å². The minimum Gasteiger partial charge on any atom is -0.480 e. The minimum absolute atomic E-state index is 0.109. The Hall–Kier alpha value is -2.89. The number of halogens is 1. The lowest BCUT2D eigenvalue weighted by Gasteiger charge is -2.22. The van der Waals surface area contributed by atoms with Crippen molar-refractivity contribution < 1.29 is 23.8 Å². The summed E-state index contributed by atoms with van der Waals surface area (Å²) in [6, 6.07) is 12.2. The summed E-state index contributed by atoms with van der Waals surface area (Å²) in [6.45, 7) is 5.11. The molecule has 1 unspecified atom stereocenters. The zero-order valence-corrected chi connectivity index (χ0v) is 15.0. The number of ether oxygens (including phenoxy) is 1. The molecule has 0 spiro atoms. The molecule has 0 aromatic heterocycles. The van der Waals surface area contributed by atoms with Crippen LogP contribution in [0.15, 0.2) is 48.5 Å². The lowest BCUT2D eigenvalue weighted by atomic mass is 10.0. The molecule has 1 atom stereocenters. The van der Waals surface area contributed by atoms with Crippen molar-refractivity contribution in [2.24, 2.45) is 0 Å². The molecule has 0 saturated heterocycles. The number of carbonyl (C=O) groups is 2. The fourth-order valence-corrected chi connectivity index (χ4v) is 2.39. The number of nitrogens with one attached hydrogen (secondary N) is 1. The molecular weight excluding hydrogens is 337 g/mol. The summed E-state index contributed by atoms with van der Waals surface area (Å²) in [5.74, 6) is -1.47. The van der Waals surface area contributed by atoms with E-state index in [9.17, 15) is 19.1 Å². The molecule has 138 valence electrons. The van der Waals surface area contributed by atoms with Crippen LogP contribution in [0.1, 0.15) is 26.3 Å². The SMILES string of the molecule is CC(C)(C)OC(=O)NC(Cc1ccc(-c2cccc(F)c2)cc1)C(=O)O. The van der Waals surface area contributed by atoms with Crippen LogP contribution in [0.4, 0.5) is 9.18 Å². The van der Waals surface area contributed by atoms with Crippen LogP contribution in [-0.2, 0) is 16.0 Å². The zero-order valence-electron chi connectivity index (χ0n) is 15.0. The molecule has 0 heterocycles. The van der Waals surface area contributed by atoms with Crippen molar-refractivity contribution in [3.05, 3.63) is 59.9 Å². The number of benzene rings is 2. The van der Waals surface area contributed by atoms with Gasteiger partial charge < -0.3 is 15.2 Å². The van der Waals surface area contributed by atoms with Gasteiger partial charge in [0.15, 0.2) is 0 Å².